The molecule has 2 nitrogen and oxygen atoms in total. The van der Waals surface area contributed by atoms with Gasteiger partial charge in [0.2, 0.25) is 0 Å². The molecule has 1 rings (SSSR count). The summed E-state index contributed by atoms with van der Waals surface area (Å²) in [5.41, 5.74) is 0.999. The van der Waals surface area contributed by atoms with Crippen molar-refractivity contribution in [3.63, 3.8) is 0 Å². The minimum absolute atomic E-state index is 0.0394. The third kappa shape index (κ3) is 3.23. The number of benzene rings is 1. The van der Waals surface area contributed by atoms with Crippen molar-refractivity contribution < 1.29 is 18.0 Å². The van der Waals surface area contributed by atoms with Gasteiger partial charge in [-0.2, -0.15) is 13.2 Å². The normalized spacial score (nSPS) is 11.1. The molecule has 0 aliphatic carbocycles. The third-order valence-corrected chi connectivity index (χ3v) is 2.37. The standard InChI is InChI=1S/C11H9ClF3NO/c1-6(2)7-4-3-5-8(9(7)12)16-10(17)11(13,14)15/h3-5H,1H2,2H3,(H,16,17). The molecule has 0 unspecified atom stereocenters. The molecule has 0 aliphatic rings. The average Bonchev–Trinajstić information content (AvgIpc) is 2.19. The first-order chi connectivity index (χ1) is 7.73. The van der Waals surface area contributed by atoms with Crippen LogP contribution in [0.25, 0.3) is 5.57 Å². The molecule has 0 saturated heterocycles. The molecule has 0 bridgehead atoms. The maximum Gasteiger partial charge on any atom is 0.471 e. The van der Waals surface area contributed by atoms with Crippen molar-refractivity contribution in [3.05, 3.63) is 35.4 Å². The first-order valence-electron chi connectivity index (χ1n) is 4.56. The Morgan fingerprint density at radius 1 is 1.41 bits per heavy atom. The van der Waals surface area contributed by atoms with Crippen LogP contribution >= 0.6 is 11.6 Å². The van der Waals surface area contributed by atoms with E-state index >= 15 is 0 Å². The molecule has 0 spiro atoms. The lowest BCUT2D eigenvalue weighted by atomic mass is 10.1. The first kappa shape index (κ1) is 13.6. The number of carbonyl (C=O) groups excluding carboxylic acids is 1. The lowest BCUT2D eigenvalue weighted by Gasteiger charge is -2.12. The summed E-state index contributed by atoms with van der Waals surface area (Å²) < 4.78 is 36.2. The van der Waals surface area contributed by atoms with Gasteiger partial charge in [-0.25, -0.2) is 0 Å². The fourth-order valence-corrected chi connectivity index (χ4v) is 1.49. The van der Waals surface area contributed by atoms with Crippen molar-refractivity contribution in [2.24, 2.45) is 0 Å². The molecule has 0 saturated carbocycles. The summed E-state index contributed by atoms with van der Waals surface area (Å²) in [5, 5.41) is 1.75. The van der Waals surface area contributed by atoms with E-state index in [1.807, 2.05) is 0 Å². The number of amides is 1. The Hall–Kier alpha value is -1.49. The van der Waals surface area contributed by atoms with Gasteiger partial charge in [0.1, 0.15) is 0 Å². The van der Waals surface area contributed by atoms with Crippen molar-refractivity contribution in [3.8, 4) is 0 Å². The number of alkyl halides is 3. The van der Waals surface area contributed by atoms with Gasteiger partial charge >= 0.3 is 12.1 Å². The zero-order chi connectivity index (χ0) is 13.2. The topological polar surface area (TPSA) is 29.1 Å². The lowest BCUT2D eigenvalue weighted by Crippen LogP contribution is -2.30. The van der Waals surface area contributed by atoms with Gasteiger partial charge in [-0.1, -0.05) is 30.3 Å². The summed E-state index contributed by atoms with van der Waals surface area (Å²) in [5.74, 6) is -2.06. The fraction of sp³-hybridized carbons (Fsp3) is 0.182. The Balaban J connectivity index is 3.05. The zero-order valence-electron chi connectivity index (χ0n) is 8.86. The van der Waals surface area contributed by atoms with E-state index in [1.165, 1.54) is 12.1 Å². The van der Waals surface area contributed by atoms with Gasteiger partial charge in [0.05, 0.1) is 10.7 Å². The number of carbonyl (C=O) groups is 1. The highest BCUT2D eigenvalue weighted by Crippen LogP contribution is 2.31. The van der Waals surface area contributed by atoms with E-state index in [1.54, 1.807) is 18.3 Å². The molecule has 0 radical (unpaired) electrons. The fourth-order valence-electron chi connectivity index (χ4n) is 1.15. The molecule has 1 N–H and O–H groups in total. The van der Waals surface area contributed by atoms with Gasteiger partial charge in [-0.15, -0.1) is 0 Å². The summed E-state index contributed by atoms with van der Waals surface area (Å²) >= 11 is 5.86. The smallest absolute Gasteiger partial charge is 0.317 e. The highest BCUT2D eigenvalue weighted by molar-refractivity contribution is 6.35. The van der Waals surface area contributed by atoms with Crippen molar-refractivity contribution >= 4 is 28.8 Å². The molecule has 6 heteroatoms. The van der Waals surface area contributed by atoms with Crippen molar-refractivity contribution in [2.75, 3.05) is 5.32 Å². The van der Waals surface area contributed by atoms with Gasteiger partial charge in [-0.05, 0) is 24.1 Å². The highest BCUT2D eigenvalue weighted by atomic mass is 35.5. The second-order valence-electron chi connectivity index (χ2n) is 3.40. The second-order valence-corrected chi connectivity index (χ2v) is 3.78. The first-order valence-corrected chi connectivity index (χ1v) is 4.94. The van der Waals surface area contributed by atoms with Gasteiger partial charge in [0.15, 0.2) is 0 Å². The summed E-state index contributed by atoms with van der Waals surface area (Å²) in [6.45, 7) is 5.30. The molecule has 1 amide bonds. The summed E-state index contributed by atoms with van der Waals surface area (Å²) in [7, 11) is 0. The summed E-state index contributed by atoms with van der Waals surface area (Å²) in [4.78, 5) is 10.8. The van der Waals surface area contributed by atoms with Crippen LogP contribution in [0.3, 0.4) is 0 Å². The lowest BCUT2D eigenvalue weighted by molar-refractivity contribution is -0.167. The second kappa shape index (κ2) is 4.79. The summed E-state index contributed by atoms with van der Waals surface area (Å²) in [6.07, 6.45) is -4.94. The predicted molar refractivity (Wildman–Crippen MR) is 60.8 cm³/mol. The highest BCUT2D eigenvalue weighted by Gasteiger charge is 2.39. The van der Waals surface area contributed by atoms with Crippen LogP contribution in [-0.2, 0) is 4.79 Å². The molecular formula is C11H9ClF3NO. The van der Waals surface area contributed by atoms with Gasteiger partial charge < -0.3 is 5.32 Å². The van der Waals surface area contributed by atoms with Crippen LogP contribution in [0.1, 0.15) is 12.5 Å². The molecule has 0 aliphatic heterocycles. The Bertz CT molecular complexity index is 468. The number of rotatable bonds is 2. The quantitative estimate of drug-likeness (QED) is 0.862. The molecule has 0 fully saturated rings. The van der Waals surface area contributed by atoms with Crippen molar-refractivity contribution in [2.45, 2.75) is 13.1 Å². The van der Waals surface area contributed by atoms with Crippen LogP contribution in [-0.4, -0.2) is 12.1 Å². The summed E-state index contributed by atoms with van der Waals surface area (Å²) in [6, 6.07) is 4.38. The largest absolute Gasteiger partial charge is 0.471 e. The monoisotopic (exact) mass is 263 g/mol. The van der Waals surface area contributed by atoms with Gasteiger partial charge in [-0.3, -0.25) is 4.79 Å². The Kier molecular flexibility index (Phi) is 3.83. The van der Waals surface area contributed by atoms with Gasteiger partial charge in [0, 0.05) is 0 Å². The molecule has 0 atom stereocenters. The third-order valence-electron chi connectivity index (χ3n) is 1.96. The van der Waals surface area contributed by atoms with Gasteiger partial charge in [0.25, 0.3) is 0 Å². The number of anilines is 1. The van der Waals surface area contributed by atoms with Crippen LogP contribution in [0.4, 0.5) is 18.9 Å². The molecule has 1 aromatic rings. The molecule has 1 aromatic carbocycles. The maximum atomic E-state index is 12.1. The van der Waals surface area contributed by atoms with Crippen LogP contribution < -0.4 is 5.32 Å². The van der Waals surface area contributed by atoms with E-state index in [0.717, 1.165) is 0 Å². The minimum atomic E-state index is -4.94. The molecule has 0 aromatic heterocycles. The van der Waals surface area contributed by atoms with E-state index < -0.39 is 12.1 Å². The SMILES string of the molecule is C=C(C)c1cccc(NC(=O)C(F)(F)F)c1Cl. The van der Waals surface area contributed by atoms with E-state index in [9.17, 15) is 18.0 Å². The number of hydrogen-bond donors (Lipinski definition) is 1. The number of halogens is 4. The molecule has 0 heterocycles. The number of nitrogens with one attached hydrogen (secondary N) is 1. The zero-order valence-corrected chi connectivity index (χ0v) is 9.62. The number of hydrogen-bond acceptors (Lipinski definition) is 1. The van der Waals surface area contributed by atoms with Crippen molar-refractivity contribution in [1.29, 1.82) is 0 Å². The van der Waals surface area contributed by atoms with Crippen LogP contribution in [0, 0.1) is 0 Å². The van der Waals surface area contributed by atoms with E-state index in [-0.39, 0.29) is 10.7 Å². The average molecular weight is 264 g/mol. The molecular weight excluding hydrogens is 255 g/mol. The van der Waals surface area contributed by atoms with Crippen molar-refractivity contribution in [1.82, 2.24) is 0 Å². The van der Waals surface area contributed by atoms with Crippen LogP contribution in [0.15, 0.2) is 24.8 Å². The molecule has 92 valence electrons. The maximum absolute atomic E-state index is 12.1. The predicted octanol–water partition coefficient (Wildman–Crippen LogP) is 3.87. The number of allylic oxidation sites excluding steroid dienone is 1. The van der Waals surface area contributed by atoms with E-state index in [0.29, 0.717) is 11.1 Å². The Morgan fingerprint density at radius 3 is 2.47 bits per heavy atom. The van der Waals surface area contributed by atoms with E-state index in [4.69, 9.17) is 11.6 Å². The molecule has 17 heavy (non-hydrogen) atoms. The Morgan fingerprint density at radius 2 is 2.00 bits per heavy atom. The minimum Gasteiger partial charge on any atom is -0.317 e. The Labute approximate surface area is 101 Å². The van der Waals surface area contributed by atoms with Crippen LogP contribution in [0.5, 0.6) is 0 Å². The van der Waals surface area contributed by atoms with E-state index in [2.05, 4.69) is 6.58 Å². The van der Waals surface area contributed by atoms with Crippen LogP contribution in [0.2, 0.25) is 5.02 Å².